The van der Waals surface area contributed by atoms with Gasteiger partial charge in [-0.1, -0.05) is 24.3 Å². The number of carbonyl (C=O) groups is 4. The summed E-state index contributed by atoms with van der Waals surface area (Å²) in [6, 6.07) is 0. The zero-order chi connectivity index (χ0) is 27.1. The molecule has 2 saturated heterocycles. The van der Waals surface area contributed by atoms with Crippen molar-refractivity contribution in [3.05, 3.63) is 47.1 Å². The van der Waals surface area contributed by atoms with Crippen LogP contribution >= 0.6 is 0 Å². The molecule has 10 nitrogen and oxygen atoms in total. The number of esters is 4. The predicted molar refractivity (Wildman–Crippen MR) is 128 cm³/mol. The Labute approximate surface area is 214 Å². The molecule has 1 N–H and O–H groups in total. The smallest absolute Gasteiger partial charge is 0.337 e. The van der Waals surface area contributed by atoms with Gasteiger partial charge in [-0.05, 0) is 26.8 Å². The van der Waals surface area contributed by atoms with Gasteiger partial charge in [0.25, 0.3) is 0 Å². The third kappa shape index (κ3) is 4.87. The number of aliphatic hydroxyl groups excluding tert-OH is 1. The van der Waals surface area contributed by atoms with Gasteiger partial charge < -0.3 is 28.8 Å². The number of hydrogen-bond acceptors (Lipinski definition) is 10. The second-order valence-electron chi connectivity index (χ2n) is 9.82. The van der Waals surface area contributed by atoms with Gasteiger partial charge in [-0.3, -0.25) is 4.79 Å². The van der Waals surface area contributed by atoms with Gasteiger partial charge in [0.05, 0.1) is 30.3 Å². The number of carbonyl (C=O) groups excluding carboxylic acids is 4. The van der Waals surface area contributed by atoms with Crippen molar-refractivity contribution in [2.75, 3.05) is 19.8 Å². The number of epoxide rings is 1. The maximum absolute atomic E-state index is 13.0. The van der Waals surface area contributed by atoms with Gasteiger partial charge in [-0.25, -0.2) is 14.4 Å². The number of aliphatic hydroxyl groups is 1. The van der Waals surface area contributed by atoms with Crippen LogP contribution in [0.1, 0.15) is 34.1 Å². The highest BCUT2D eigenvalue weighted by Gasteiger charge is 2.68. The zero-order valence-corrected chi connectivity index (χ0v) is 21.4. The zero-order valence-electron chi connectivity index (χ0n) is 21.4. The van der Waals surface area contributed by atoms with Crippen molar-refractivity contribution in [2.45, 2.75) is 58.0 Å². The van der Waals surface area contributed by atoms with Gasteiger partial charge >= 0.3 is 23.9 Å². The fraction of sp³-hybridized carbons (Fsp3) is 0.556. The van der Waals surface area contributed by atoms with E-state index in [0.29, 0.717) is 6.61 Å². The van der Waals surface area contributed by atoms with E-state index in [2.05, 4.69) is 6.58 Å². The van der Waals surface area contributed by atoms with Crippen molar-refractivity contribution in [3.63, 3.8) is 0 Å². The van der Waals surface area contributed by atoms with Gasteiger partial charge in [-0.15, -0.1) is 0 Å². The van der Waals surface area contributed by atoms with Crippen molar-refractivity contribution in [2.24, 2.45) is 17.8 Å². The number of allylic oxidation sites excluding steroid dienone is 2. The molecule has 37 heavy (non-hydrogen) atoms. The molecule has 0 aromatic heterocycles. The predicted octanol–water partition coefficient (Wildman–Crippen LogP) is 1.72. The lowest BCUT2D eigenvalue weighted by Gasteiger charge is -2.31. The van der Waals surface area contributed by atoms with Crippen LogP contribution in [-0.4, -0.2) is 72.7 Å². The topological polar surface area (TPSA) is 138 Å². The van der Waals surface area contributed by atoms with Crippen LogP contribution in [0.3, 0.4) is 0 Å². The van der Waals surface area contributed by atoms with Crippen molar-refractivity contribution in [3.8, 4) is 0 Å². The van der Waals surface area contributed by atoms with Crippen LogP contribution in [0.2, 0.25) is 0 Å². The summed E-state index contributed by atoms with van der Waals surface area (Å²) >= 11 is 0. The molecule has 200 valence electrons. The maximum atomic E-state index is 13.0. The third-order valence-electron chi connectivity index (χ3n) is 7.70. The van der Waals surface area contributed by atoms with Gasteiger partial charge in [-0.2, -0.15) is 0 Å². The summed E-state index contributed by atoms with van der Waals surface area (Å²) in [6.45, 7) is 9.96. The van der Waals surface area contributed by atoms with E-state index in [1.54, 1.807) is 13.8 Å². The van der Waals surface area contributed by atoms with Crippen LogP contribution in [0, 0.1) is 17.8 Å². The molecule has 3 fully saturated rings. The summed E-state index contributed by atoms with van der Waals surface area (Å²) in [5, 5.41) is 9.49. The van der Waals surface area contributed by atoms with Crippen LogP contribution in [0.4, 0.5) is 0 Å². The highest BCUT2D eigenvalue weighted by Crippen LogP contribution is 2.58. The minimum Gasteiger partial charge on any atom is -0.461 e. The largest absolute Gasteiger partial charge is 0.461 e. The summed E-state index contributed by atoms with van der Waals surface area (Å²) in [5.74, 6) is -3.83. The van der Waals surface area contributed by atoms with Crippen LogP contribution in [0.25, 0.3) is 0 Å². The van der Waals surface area contributed by atoms with E-state index >= 15 is 0 Å². The molecule has 0 bridgehead atoms. The molecule has 0 radical (unpaired) electrons. The van der Waals surface area contributed by atoms with Crippen LogP contribution in [-0.2, 0) is 42.9 Å². The normalized spacial score (nSPS) is 34.7. The summed E-state index contributed by atoms with van der Waals surface area (Å²) in [5.41, 5.74) is 0.560. The lowest BCUT2D eigenvalue weighted by molar-refractivity contribution is -0.151. The minimum absolute atomic E-state index is 0.130. The first kappa shape index (κ1) is 26.8. The maximum Gasteiger partial charge on any atom is 0.337 e. The first-order valence-electron chi connectivity index (χ1n) is 12.3. The molecule has 2 aliphatic heterocycles. The fourth-order valence-corrected chi connectivity index (χ4v) is 5.75. The standard InChI is InChI=1S/C27H32O10/c1-6-16(10-28)25(31)35-18-8-13(3)20-22(18)27(12-34-27)9-19(21-14(4)24(30)37-23(20)21)36-26(32)17(7-2)11-33-15(5)29/h6-8,18-23,28H,4,9-12H2,1-3,5H3/t18-,19-,20-,21+,22+,23+,27-/m0/s1. The van der Waals surface area contributed by atoms with Gasteiger partial charge in [0.1, 0.15) is 30.5 Å². The molecular weight excluding hydrogens is 484 g/mol. The molecule has 10 heteroatoms. The quantitative estimate of drug-likeness (QED) is 0.175. The summed E-state index contributed by atoms with van der Waals surface area (Å²) in [7, 11) is 0. The third-order valence-corrected chi connectivity index (χ3v) is 7.70. The Kier molecular flexibility index (Phi) is 7.43. The van der Waals surface area contributed by atoms with Crippen LogP contribution < -0.4 is 0 Å². The van der Waals surface area contributed by atoms with Crippen molar-refractivity contribution in [1.29, 1.82) is 0 Å². The van der Waals surface area contributed by atoms with E-state index < -0.39 is 66.2 Å². The number of fused-ring (bicyclic) bond motifs is 4. The van der Waals surface area contributed by atoms with E-state index in [0.717, 1.165) is 5.57 Å². The summed E-state index contributed by atoms with van der Waals surface area (Å²) in [4.78, 5) is 49.6. The fourth-order valence-electron chi connectivity index (χ4n) is 5.75. The van der Waals surface area contributed by atoms with E-state index in [4.69, 9.17) is 23.7 Å². The molecule has 0 amide bonds. The Morgan fingerprint density at radius 3 is 2.38 bits per heavy atom. The molecule has 2 aliphatic carbocycles. The summed E-state index contributed by atoms with van der Waals surface area (Å²) < 4.78 is 28.4. The Morgan fingerprint density at radius 2 is 1.81 bits per heavy atom. The van der Waals surface area contributed by atoms with Crippen molar-refractivity contribution in [1.82, 2.24) is 0 Å². The average Bonchev–Trinajstić information content (AvgIpc) is 3.47. The van der Waals surface area contributed by atoms with Crippen molar-refractivity contribution < 1.29 is 48.0 Å². The number of ether oxygens (including phenoxy) is 5. The first-order valence-corrected chi connectivity index (χ1v) is 12.3. The van der Waals surface area contributed by atoms with E-state index in [1.165, 1.54) is 19.1 Å². The molecule has 1 spiro atoms. The van der Waals surface area contributed by atoms with E-state index in [-0.39, 0.29) is 35.7 Å². The van der Waals surface area contributed by atoms with Crippen LogP contribution in [0.15, 0.2) is 47.1 Å². The van der Waals surface area contributed by atoms with E-state index in [9.17, 15) is 24.3 Å². The second-order valence-corrected chi connectivity index (χ2v) is 9.82. The molecular formula is C27H32O10. The van der Waals surface area contributed by atoms with Crippen molar-refractivity contribution >= 4 is 23.9 Å². The number of hydrogen-bond donors (Lipinski definition) is 1. The minimum atomic E-state index is -0.815. The molecule has 2 heterocycles. The Hall–Kier alpha value is -3.24. The molecule has 4 aliphatic rings. The average molecular weight is 517 g/mol. The summed E-state index contributed by atoms with van der Waals surface area (Å²) in [6.07, 6.45) is 2.84. The SMILES string of the molecule is C=C1C(=O)O[C@@H]2[C@H]3C(C)=C[C@H](OC(=O)C(=CC)CO)[C@H]3[C@@]3(CO3)C[C@H](OC(=O)C(=CC)COC(C)=O)[C@@H]12. The molecule has 0 aromatic carbocycles. The number of rotatable bonds is 7. The lowest BCUT2D eigenvalue weighted by Crippen LogP contribution is -2.41. The first-order chi connectivity index (χ1) is 17.6. The van der Waals surface area contributed by atoms with Gasteiger partial charge in [0.2, 0.25) is 0 Å². The molecule has 0 aromatic rings. The lowest BCUT2D eigenvalue weighted by atomic mass is 9.77. The van der Waals surface area contributed by atoms with Crippen LogP contribution in [0.5, 0.6) is 0 Å². The van der Waals surface area contributed by atoms with Gasteiger partial charge in [0.15, 0.2) is 0 Å². The second kappa shape index (κ2) is 10.3. The molecule has 0 unspecified atom stereocenters. The molecule has 1 saturated carbocycles. The molecule has 4 rings (SSSR count). The highest BCUT2D eigenvalue weighted by atomic mass is 16.6. The monoisotopic (exact) mass is 516 g/mol. The Bertz CT molecular complexity index is 1110. The Morgan fingerprint density at radius 1 is 1.16 bits per heavy atom. The van der Waals surface area contributed by atoms with E-state index in [1.807, 2.05) is 13.0 Å². The highest BCUT2D eigenvalue weighted by molar-refractivity contribution is 5.92. The Balaban J connectivity index is 1.65. The molecule has 7 atom stereocenters. The van der Waals surface area contributed by atoms with Gasteiger partial charge in [0, 0.05) is 30.8 Å².